The number of likely N-dealkylation sites (N-methyl/N-ethyl adjacent to an activating group) is 1. The fourth-order valence-corrected chi connectivity index (χ4v) is 4.33. The van der Waals surface area contributed by atoms with E-state index in [4.69, 9.17) is 23.2 Å². The summed E-state index contributed by atoms with van der Waals surface area (Å²) < 4.78 is 0. The average molecular weight is 383 g/mol. The van der Waals surface area contributed by atoms with Crippen molar-refractivity contribution in [3.05, 3.63) is 33.8 Å². The van der Waals surface area contributed by atoms with Gasteiger partial charge in [0.15, 0.2) is 5.78 Å². The summed E-state index contributed by atoms with van der Waals surface area (Å²) in [5, 5.41) is 0.940. The van der Waals surface area contributed by atoms with Gasteiger partial charge in [0.1, 0.15) is 0 Å². The van der Waals surface area contributed by atoms with Gasteiger partial charge in [0, 0.05) is 13.5 Å². The number of benzene rings is 1. The van der Waals surface area contributed by atoms with Crippen molar-refractivity contribution < 1.29 is 9.59 Å². The highest BCUT2D eigenvalue weighted by atomic mass is 35.5. The maximum atomic E-state index is 12.8. The fraction of sp³-hybridized carbons (Fsp3) is 0.579. The van der Waals surface area contributed by atoms with Gasteiger partial charge in [-0.15, -0.1) is 0 Å². The predicted molar refractivity (Wildman–Crippen MR) is 100 cm³/mol. The second-order valence-corrected chi connectivity index (χ2v) is 7.86. The van der Waals surface area contributed by atoms with Gasteiger partial charge in [0.05, 0.1) is 28.5 Å². The van der Waals surface area contributed by atoms with Crippen LogP contribution < -0.4 is 0 Å². The van der Waals surface area contributed by atoms with Crippen molar-refractivity contribution in [3.8, 4) is 0 Å². The van der Waals surface area contributed by atoms with Gasteiger partial charge in [0.2, 0.25) is 5.91 Å². The minimum absolute atomic E-state index is 0.0160. The molecule has 3 rings (SSSR count). The van der Waals surface area contributed by atoms with Crippen LogP contribution in [0.1, 0.15) is 37.7 Å². The Morgan fingerprint density at radius 1 is 1.20 bits per heavy atom. The number of hydrogen-bond donors (Lipinski definition) is 0. The van der Waals surface area contributed by atoms with E-state index in [1.165, 1.54) is 0 Å². The molecule has 2 fully saturated rings. The molecule has 1 aromatic carbocycles. The molecule has 4 nitrogen and oxygen atoms in total. The molecule has 0 N–H and O–H groups in total. The lowest BCUT2D eigenvalue weighted by atomic mass is 9.87. The Morgan fingerprint density at radius 2 is 1.92 bits per heavy atom. The molecule has 0 bridgehead atoms. The lowest BCUT2D eigenvalue weighted by Gasteiger charge is -2.41. The van der Waals surface area contributed by atoms with E-state index in [1.807, 2.05) is 13.1 Å². The van der Waals surface area contributed by atoms with Crippen molar-refractivity contribution in [2.24, 2.45) is 0 Å². The Balaban J connectivity index is 1.72. The summed E-state index contributed by atoms with van der Waals surface area (Å²) in [5.41, 5.74) is 0.839. The number of hydrogen-bond acceptors (Lipinski definition) is 3. The van der Waals surface area contributed by atoms with E-state index in [0.717, 1.165) is 44.3 Å². The van der Waals surface area contributed by atoms with Gasteiger partial charge in [-0.25, -0.2) is 0 Å². The number of rotatable bonds is 4. The van der Waals surface area contributed by atoms with Gasteiger partial charge in [0.25, 0.3) is 0 Å². The molecule has 0 spiro atoms. The first-order valence-electron chi connectivity index (χ1n) is 8.93. The average Bonchev–Trinajstić information content (AvgIpc) is 3.11. The molecule has 2 atom stereocenters. The highest BCUT2D eigenvalue weighted by Gasteiger charge is 2.40. The van der Waals surface area contributed by atoms with Crippen LogP contribution in [0.3, 0.4) is 0 Å². The molecule has 0 unspecified atom stereocenters. The Labute approximate surface area is 159 Å². The third-order valence-electron chi connectivity index (χ3n) is 5.38. The normalized spacial score (nSPS) is 24.5. The van der Waals surface area contributed by atoms with Crippen molar-refractivity contribution >= 4 is 34.9 Å². The first-order valence-corrected chi connectivity index (χ1v) is 9.69. The minimum atomic E-state index is -0.140. The smallest absolute Gasteiger partial charge is 0.227 e. The summed E-state index contributed by atoms with van der Waals surface area (Å²) in [5.74, 6) is 0.301. The van der Waals surface area contributed by atoms with Crippen LogP contribution in [0.4, 0.5) is 0 Å². The maximum Gasteiger partial charge on any atom is 0.227 e. The first kappa shape index (κ1) is 18.7. The lowest BCUT2D eigenvalue weighted by Crippen LogP contribution is -2.57. The monoisotopic (exact) mass is 382 g/mol. The zero-order valence-electron chi connectivity index (χ0n) is 14.5. The quantitative estimate of drug-likeness (QED) is 0.798. The molecule has 136 valence electrons. The number of likely N-dealkylation sites (tertiary alicyclic amines) is 1. The maximum absolute atomic E-state index is 12.8. The molecule has 1 amide bonds. The summed E-state index contributed by atoms with van der Waals surface area (Å²) in [6.07, 6.45) is 4.92. The Hall–Kier alpha value is -1.10. The molecule has 25 heavy (non-hydrogen) atoms. The summed E-state index contributed by atoms with van der Waals surface area (Å²) in [6, 6.07) is 5.10. The molecule has 2 aliphatic rings. The number of ketones is 1. The number of carbonyl (C=O) groups excluding carboxylic acids is 2. The summed E-state index contributed by atoms with van der Waals surface area (Å²) >= 11 is 12.0. The van der Waals surface area contributed by atoms with Gasteiger partial charge in [-0.3, -0.25) is 14.5 Å². The van der Waals surface area contributed by atoms with E-state index in [0.29, 0.717) is 16.5 Å². The van der Waals surface area contributed by atoms with Crippen LogP contribution in [0.5, 0.6) is 0 Å². The van der Waals surface area contributed by atoms with Crippen molar-refractivity contribution in [1.82, 2.24) is 9.80 Å². The van der Waals surface area contributed by atoms with E-state index in [2.05, 4.69) is 4.90 Å². The summed E-state index contributed by atoms with van der Waals surface area (Å²) in [6.45, 7) is 1.92. The van der Waals surface area contributed by atoms with Crippen LogP contribution in [0.15, 0.2) is 18.2 Å². The van der Waals surface area contributed by atoms with E-state index >= 15 is 0 Å². The third-order valence-corrected chi connectivity index (χ3v) is 6.12. The molecule has 1 saturated carbocycles. The number of amides is 1. The largest absolute Gasteiger partial charge is 0.340 e. The van der Waals surface area contributed by atoms with E-state index in [-0.39, 0.29) is 30.2 Å². The summed E-state index contributed by atoms with van der Waals surface area (Å²) in [7, 11) is 1.83. The molecule has 1 saturated heterocycles. The minimum Gasteiger partial charge on any atom is -0.340 e. The Morgan fingerprint density at radius 3 is 2.60 bits per heavy atom. The van der Waals surface area contributed by atoms with Crippen LogP contribution in [-0.4, -0.2) is 53.7 Å². The molecule has 1 aromatic rings. The molecule has 1 aliphatic carbocycles. The Bertz CT molecular complexity index is 659. The highest BCUT2D eigenvalue weighted by Crippen LogP contribution is 2.28. The lowest BCUT2D eigenvalue weighted by molar-refractivity contribution is -0.137. The zero-order chi connectivity index (χ0) is 18.0. The second kappa shape index (κ2) is 8.07. The van der Waals surface area contributed by atoms with Crippen molar-refractivity contribution in [3.63, 3.8) is 0 Å². The van der Waals surface area contributed by atoms with Crippen LogP contribution in [0.25, 0.3) is 0 Å². The van der Waals surface area contributed by atoms with Crippen molar-refractivity contribution in [1.29, 1.82) is 0 Å². The van der Waals surface area contributed by atoms with Gasteiger partial charge in [-0.2, -0.15) is 0 Å². The number of halogens is 2. The third kappa shape index (κ3) is 4.18. The molecule has 0 aromatic heterocycles. The van der Waals surface area contributed by atoms with E-state index < -0.39 is 0 Å². The van der Waals surface area contributed by atoms with Crippen molar-refractivity contribution in [2.45, 2.75) is 50.6 Å². The number of nitrogens with zero attached hydrogens (tertiary/aromatic N) is 2. The molecular weight excluding hydrogens is 359 g/mol. The van der Waals surface area contributed by atoms with Gasteiger partial charge < -0.3 is 4.90 Å². The standard InChI is InChI=1S/C19H24Cl2N2O2/c1-22(18(25)12-13-7-8-14(20)15(21)11-13)16-5-4-6-17(24)19(16)23-9-2-3-10-23/h7-8,11,16,19H,2-6,9-10,12H2,1H3/t16-,19+/m0/s1. The molecule has 1 heterocycles. The Kier molecular flexibility index (Phi) is 6.03. The predicted octanol–water partition coefficient (Wildman–Crippen LogP) is 3.58. The van der Waals surface area contributed by atoms with Crippen LogP contribution >= 0.6 is 23.2 Å². The van der Waals surface area contributed by atoms with Gasteiger partial charge >= 0.3 is 0 Å². The van der Waals surface area contributed by atoms with Gasteiger partial charge in [-0.05, 0) is 56.5 Å². The van der Waals surface area contributed by atoms with Crippen LogP contribution in [-0.2, 0) is 16.0 Å². The SMILES string of the molecule is CN(C(=O)Cc1ccc(Cl)c(Cl)c1)[C@H]1CCCC(=O)[C@@H]1N1CCCC1. The van der Waals surface area contributed by atoms with E-state index in [9.17, 15) is 9.59 Å². The van der Waals surface area contributed by atoms with Gasteiger partial charge in [-0.1, -0.05) is 29.3 Å². The van der Waals surface area contributed by atoms with E-state index in [1.54, 1.807) is 17.0 Å². The highest BCUT2D eigenvalue weighted by molar-refractivity contribution is 6.42. The number of Topliss-reactive ketones (excluding diaryl/α,β-unsaturated/α-hetero) is 1. The fourth-order valence-electron chi connectivity index (χ4n) is 4.01. The van der Waals surface area contributed by atoms with Crippen LogP contribution in [0, 0.1) is 0 Å². The topological polar surface area (TPSA) is 40.6 Å². The zero-order valence-corrected chi connectivity index (χ0v) is 16.0. The molecule has 0 radical (unpaired) electrons. The second-order valence-electron chi connectivity index (χ2n) is 7.04. The molecule has 6 heteroatoms. The molecule has 1 aliphatic heterocycles. The summed E-state index contributed by atoms with van der Waals surface area (Å²) in [4.78, 5) is 29.4. The molecular formula is C19H24Cl2N2O2. The van der Waals surface area contributed by atoms with Crippen LogP contribution in [0.2, 0.25) is 10.0 Å². The first-order chi connectivity index (χ1) is 12.0. The van der Waals surface area contributed by atoms with Crippen molar-refractivity contribution in [2.75, 3.05) is 20.1 Å². The number of carbonyl (C=O) groups is 2.